The Kier molecular flexibility index (Phi) is 5.11. The maximum Gasteiger partial charge on any atom is 0.322 e. The predicted octanol–water partition coefficient (Wildman–Crippen LogP) is 2.22. The number of rotatable bonds is 5. The summed E-state index contributed by atoms with van der Waals surface area (Å²) in [5.74, 6) is -0.728. The third-order valence-corrected chi connectivity index (χ3v) is 4.65. The standard InChI is InChI=1S/C19H22N2O3/c22-18(20-12-19(23)24)13-21-10-8-15(9-11-21)17-7-3-5-14-4-1-2-6-16(14)17/h1-7,15H,8-13H2,(H,20,22)(H,23,24). The number of aliphatic carboxylic acids is 1. The van der Waals surface area contributed by atoms with Crippen LogP contribution in [0.5, 0.6) is 0 Å². The summed E-state index contributed by atoms with van der Waals surface area (Å²) < 4.78 is 0. The van der Waals surface area contributed by atoms with Crippen LogP contribution in [0.2, 0.25) is 0 Å². The molecule has 0 radical (unpaired) electrons. The molecular weight excluding hydrogens is 304 g/mol. The number of carboxylic acid groups (broad SMARTS) is 1. The Hall–Kier alpha value is -2.40. The van der Waals surface area contributed by atoms with Crippen LogP contribution in [0.4, 0.5) is 0 Å². The third-order valence-electron chi connectivity index (χ3n) is 4.65. The number of nitrogens with zero attached hydrogens (tertiary/aromatic N) is 1. The number of hydrogen-bond acceptors (Lipinski definition) is 3. The fourth-order valence-corrected chi connectivity index (χ4v) is 3.44. The molecule has 2 aromatic rings. The second-order valence-electron chi connectivity index (χ2n) is 6.29. The highest BCUT2D eigenvalue weighted by Gasteiger charge is 2.23. The van der Waals surface area contributed by atoms with E-state index in [4.69, 9.17) is 5.11 Å². The number of carbonyl (C=O) groups excluding carboxylic acids is 1. The summed E-state index contributed by atoms with van der Waals surface area (Å²) in [6.07, 6.45) is 2.03. The van der Waals surface area contributed by atoms with E-state index in [0.717, 1.165) is 25.9 Å². The summed E-state index contributed by atoms with van der Waals surface area (Å²) >= 11 is 0. The average molecular weight is 326 g/mol. The minimum Gasteiger partial charge on any atom is -0.480 e. The lowest BCUT2D eigenvalue weighted by atomic mass is 9.86. The molecule has 0 unspecified atom stereocenters. The fourth-order valence-electron chi connectivity index (χ4n) is 3.44. The monoisotopic (exact) mass is 326 g/mol. The molecule has 0 atom stereocenters. The first-order chi connectivity index (χ1) is 11.6. The second-order valence-corrected chi connectivity index (χ2v) is 6.29. The van der Waals surface area contributed by atoms with Gasteiger partial charge in [0.2, 0.25) is 5.91 Å². The van der Waals surface area contributed by atoms with E-state index >= 15 is 0 Å². The number of amides is 1. The van der Waals surface area contributed by atoms with E-state index in [9.17, 15) is 9.59 Å². The molecule has 0 bridgehead atoms. The Bertz CT molecular complexity index is 731. The SMILES string of the molecule is O=C(O)CNC(=O)CN1CCC(c2cccc3ccccc23)CC1. The van der Waals surface area contributed by atoms with Crippen molar-refractivity contribution in [2.75, 3.05) is 26.2 Å². The molecular formula is C19H22N2O3. The summed E-state index contributed by atoms with van der Waals surface area (Å²) in [7, 11) is 0. The number of hydrogen-bond donors (Lipinski definition) is 2. The Labute approximate surface area is 141 Å². The summed E-state index contributed by atoms with van der Waals surface area (Å²) in [5.41, 5.74) is 1.39. The van der Waals surface area contributed by atoms with Gasteiger partial charge in [0.1, 0.15) is 6.54 Å². The third kappa shape index (κ3) is 3.92. The van der Waals surface area contributed by atoms with Gasteiger partial charge in [0.25, 0.3) is 0 Å². The van der Waals surface area contributed by atoms with Gasteiger partial charge in [-0.1, -0.05) is 42.5 Å². The van der Waals surface area contributed by atoms with Crippen LogP contribution in [-0.2, 0) is 9.59 Å². The molecule has 1 fully saturated rings. The van der Waals surface area contributed by atoms with Crippen LogP contribution in [0.25, 0.3) is 10.8 Å². The van der Waals surface area contributed by atoms with Gasteiger partial charge in [0.05, 0.1) is 6.54 Å². The van der Waals surface area contributed by atoms with E-state index < -0.39 is 5.97 Å². The van der Waals surface area contributed by atoms with Crippen molar-refractivity contribution in [2.24, 2.45) is 0 Å². The number of piperidine rings is 1. The highest BCUT2D eigenvalue weighted by molar-refractivity contribution is 5.86. The Morgan fingerprint density at radius 2 is 1.79 bits per heavy atom. The van der Waals surface area contributed by atoms with Crippen LogP contribution in [0.1, 0.15) is 24.3 Å². The zero-order valence-electron chi connectivity index (χ0n) is 13.6. The minimum absolute atomic E-state index is 0.221. The summed E-state index contributed by atoms with van der Waals surface area (Å²) in [4.78, 5) is 24.3. The largest absolute Gasteiger partial charge is 0.480 e. The fraction of sp³-hybridized carbons (Fsp3) is 0.368. The van der Waals surface area contributed by atoms with E-state index in [1.165, 1.54) is 16.3 Å². The van der Waals surface area contributed by atoms with Crippen molar-refractivity contribution < 1.29 is 14.7 Å². The lowest BCUT2D eigenvalue weighted by Crippen LogP contribution is -2.42. The molecule has 1 amide bonds. The quantitative estimate of drug-likeness (QED) is 0.884. The molecule has 1 saturated heterocycles. The van der Waals surface area contributed by atoms with Gasteiger partial charge in [-0.15, -0.1) is 0 Å². The molecule has 1 heterocycles. The lowest BCUT2D eigenvalue weighted by molar-refractivity contribution is -0.138. The predicted molar refractivity (Wildman–Crippen MR) is 93.0 cm³/mol. The highest BCUT2D eigenvalue weighted by Crippen LogP contribution is 2.32. The van der Waals surface area contributed by atoms with Crippen LogP contribution in [-0.4, -0.2) is 48.1 Å². The smallest absolute Gasteiger partial charge is 0.322 e. The van der Waals surface area contributed by atoms with Gasteiger partial charge in [-0.2, -0.15) is 0 Å². The lowest BCUT2D eigenvalue weighted by Gasteiger charge is -2.32. The Balaban J connectivity index is 1.59. The number of nitrogens with one attached hydrogen (secondary N) is 1. The zero-order valence-corrected chi connectivity index (χ0v) is 13.6. The van der Waals surface area contributed by atoms with Gasteiger partial charge in [0, 0.05) is 0 Å². The Morgan fingerprint density at radius 3 is 2.54 bits per heavy atom. The minimum atomic E-state index is -1.02. The molecule has 2 N–H and O–H groups in total. The summed E-state index contributed by atoms with van der Waals surface area (Å²) in [6, 6.07) is 14.9. The number of carboxylic acids is 1. The molecule has 3 rings (SSSR count). The first-order valence-corrected chi connectivity index (χ1v) is 8.32. The molecule has 5 heteroatoms. The van der Waals surface area contributed by atoms with Crippen molar-refractivity contribution in [1.82, 2.24) is 10.2 Å². The second kappa shape index (κ2) is 7.45. The normalized spacial score (nSPS) is 16.2. The number of fused-ring (bicyclic) bond motifs is 1. The molecule has 0 aromatic heterocycles. The van der Waals surface area contributed by atoms with Gasteiger partial charge in [-0.3, -0.25) is 14.5 Å². The maximum absolute atomic E-state index is 11.7. The van der Waals surface area contributed by atoms with Crippen molar-refractivity contribution in [1.29, 1.82) is 0 Å². The summed E-state index contributed by atoms with van der Waals surface area (Å²) in [6.45, 7) is 1.67. The van der Waals surface area contributed by atoms with Gasteiger partial charge < -0.3 is 10.4 Å². The van der Waals surface area contributed by atoms with E-state index in [2.05, 4.69) is 52.7 Å². The first-order valence-electron chi connectivity index (χ1n) is 8.32. The van der Waals surface area contributed by atoms with Crippen LogP contribution in [0.3, 0.4) is 0 Å². The van der Waals surface area contributed by atoms with Crippen molar-refractivity contribution in [2.45, 2.75) is 18.8 Å². The maximum atomic E-state index is 11.7. The van der Waals surface area contributed by atoms with E-state index in [0.29, 0.717) is 5.92 Å². The Morgan fingerprint density at radius 1 is 1.08 bits per heavy atom. The molecule has 24 heavy (non-hydrogen) atoms. The van der Waals surface area contributed by atoms with Crippen molar-refractivity contribution >= 4 is 22.6 Å². The first kappa shape index (κ1) is 16.5. The van der Waals surface area contributed by atoms with Crippen molar-refractivity contribution in [3.8, 4) is 0 Å². The van der Waals surface area contributed by atoms with Crippen molar-refractivity contribution in [3.05, 3.63) is 48.0 Å². The van der Waals surface area contributed by atoms with Gasteiger partial charge in [-0.05, 0) is 48.2 Å². The van der Waals surface area contributed by atoms with E-state index in [-0.39, 0.29) is 19.0 Å². The molecule has 2 aromatic carbocycles. The molecule has 5 nitrogen and oxygen atoms in total. The average Bonchev–Trinajstić information content (AvgIpc) is 2.60. The van der Waals surface area contributed by atoms with Crippen LogP contribution >= 0.6 is 0 Å². The van der Waals surface area contributed by atoms with E-state index in [1.54, 1.807) is 0 Å². The molecule has 0 aliphatic carbocycles. The summed E-state index contributed by atoms with van der Waals surface area (Å²) in [5, 5.41) is 13.6. The van der Waals surface area contributed by atoms with Crippen LogP contribution in [0.15, 0.2) is 42.5 Å². The van der Waals surface area contributed by atoms with Crippen LogP contribution < -0.4 is 5.32 Å². The number of carbonyl (C=O) groups is 2. The molecule has 1 aliphatic rings. The topological polar surface area (TPSA) is 69.6 Å². The highest BCUT2D eigenvalue weighted by atomic mass is 16.4. The van der Waals surface area contributed by atoms with Gasteiger partial charge in [0.15, 0.2) is 0 Å². The number of benzene rings is 2. The molecule has 0 spiro atoms. The molecule has 0 saturated carbocycles. The van der Waals surface area contributed by atoms with Crippen LogP contribution in [0, 0.1) is 0 Å². The number of likely N-dealkylation sites (tertiary alicyclic amines) is 1. The van der Waals surface area contributed by atoms with Gasteiger partial charge >= 0.3 is 5.97 Å². The van der Waals surface area contributed by atoms with Gasteiger partial charge in [-0.25, -0.2) is 0 Å². The molecule has 126 valence electrons. The van der Waals surface area contributed by atoms with Crippen molar-refractivity contribution in [3.63, 3.8) is 0 Å². The van der Waals surface area contributed by atoms with E-state index in [1.807, 2.05) is 0 Å². The zero-order chi connectivity index (χ0) is 16.9. The molecule has 1 aliphatic heterocycles.